The number of pyridine rings is 4. The Labute approximate surface area is 453 Å². The molecule has 0 unspecified atom stereocenters. The first-order valence-corrected chi connectivity index (χ1v) is 26.1. The fraction of sp³-hybridized carbons (Fsp3) is 0.186. The molecule has 16 heteroatoms. The lowest BCUT2D eigenvalue weighted by atomic mass is 9.83. The quantitative estimate of drug-likeness (QED) is 0.0920. The minimum Gasteiger partial charge on any atom is -0.505 e. The number of hydrogen-bond acceptors (Lipinski definition) is 12. The van der Waals surface area contributed by atoms with Crippen LogP contribution in [0.2, 0.25) is 20.1 Å². The smallest absolute Gasteiger partial charge is 0.146 e. The first kappa shape index (κ1) is 50.0. The molecule has 6 heterocycles. The van der Waals surface area contributed by atoms with E-state index in [2.05, 4.69) is 71.3 Å². The third-order valence-corrected chi connectivity index (χ3v) is 15.7. The van der Waals surface area contributed by atoms with E-state index in [0.717, 1.165) is 74.9 Å². The predicted molar refractivity (Wildman–Crippen MR) is 303 cm³/mol. The molecule has 0 aliphatic carbocycles. The molecule has 6 aromatic carbocycles. The van der Waals surface area contributed by atoms with E-state index < -0.39 is 11.8 Å². The SMILES string of the molecule is CN1CCN(c2ccc(C(c3cc(Cl)c4cccnc4c3O)c3cc(Cl)c4cccnc4c3O)cc2)CC1.Oc1c(C(c2ccc(N3CCNCC3)cc2)c2cc(Cl)c3cccnc3c2O)cc(Cl)c2cccnc12. The number of nitrogens with one attached hydrogen (secondary N) is 1. The zero-order chi connectivity index (χ0) is 51.9. The Balaban J connectivity index is 0.000000161. The molecule has 5 N–H and O–H groups in total. The summed E-state index contributed by atoms with van der Waals surface area (Å²) in [6.45, 7) is 7.69. The van der Waals surface area contributed by atoms with Crippen molar-refractivity contribution in [3.8, 4) is 23.0 Å². The number of phenolic OH excluding ortho intramolecular Hbond substituents is 4. The van der Waals surface area contributed by atoms with Crippen LogP contribution in [-0.4, -0.2) is 105 Å². The fourth-order valence-electron chi connectivity index (χ4n) is 10.5. The summed E-state index contributed by atoms with van der Waals surface area (Å²) in [4.78, 5) is 24.6. The van der Waals surface area contributed by atoms with Gasteiger partial charge in [0.1, 0.15) is 45.1 Å². The summed E-state index contributed by atoms with van der Waals surface area (Å²) in [6.07, 6.45) is 6.48. The summed E-state index contributed by atoms with van der Waals surface area (Å²) in [5, 5.41) is 53.6. The average Bonchev–Trinajstić information content (AvgIpc) is 3.45. The number of hydrogen-bond donors (Lipinski definition) is 5. The van der Waals surface area contributed by atoms with Gasteiger partial charge in [-0.05, 0) is 115 Å². The third kappa shape index (κ3) is 9.63. The molecule has 378 valence electrons. The first-order chi connectivity index (χ1) is 36.4. The molecule has 0 spiro atoms. The predicted octanol–water partition coefficient (Wildman–Crippen LogP) is 12.5. The maximum absolute atomic E-state index is 11.5. The maximum atomic E-state index is 11.5. The minimum absolute atomic E-state index is 0.00724. The summed E-state index contributed by atoms with van der Waals surface area (Å²) in [6, 6.07) is 37.8. The lowest BCUT2D eigenvalue weighted by molar-refractivity contribution is 0.313. The van der Waals surface area contributed by atoms with Gasteiger partial charge in [-0.15, -0.1) is 0 Å². The normalized spacial score (nSPS) is 14.3. The molecule has 0 amide bonds. The van der Waals surface area contributed by atoms with Crippen molar-refractivity contribution < 1.29 is 20.4 Å². The number of benzene rings is 6. The Morgan fingerprint density at radius 2 is 0.707 bits per heavy atom. The molecule has 2 aliphatic rings. The second kappa shape index (κ2) is 21.2. The maximum Gasteiger partial charge on any atom is 0.146 e. The van der Waals surface area contributed by atoms with Crippen molar-refractivity contribution in [2.45, 2.75) is 11.8 Å². The van der Waals surface area contributed by atoms with Crippen molar-refractivity contribution in [2.75, 3.05) is 69.2 Å². The van der Waals surface area contributed by atoms with Gasteiger partial charge in [0.25, 0.3) is 0 Å². The Morgan fingerprint density at radius 3 is 1.01 bits per heavy atom. The highest BCUT2D eigenvalue weighted by atomic mass is 35.5. The van der Waals surface area contributed by atoms with Crippen molar-refractivity contribution in [2.24, 2.45) is 0 Å². The van der Waals surface area contributed by atoms with Crippen LogP contribution in [-0.2, 0) is 0 Å². The molecule has 2 saturated heterocycles. The topological polar surface area (TPSA) is 154 Å². The van der Waals surface area contributed by atoms with Gasteiger partial charge in [0, 0.05) is 144 Å². The Bertz CT molecular complexity index is 3580. The highest BCUT2D eigenvalue weighted by Gasteiger charge is 2.30. The Morgan fingerprint density at radius 1 is 0.413 bits per heavy atom. The van der Waals surface area contributed by atoms with Crippen molar-refractivity contribution in [1.82, 2.24) is 30.2 Å². The van der Waals surface area contributed by atoms with E-state index in [-0.39, 0.29) is 23.0 Å². The molecule has 12 rings (SSSR count). The van der Waals surface area contributed by atoms with Crippen LogP contribution in [0.4, 0.5) is 11.4 Å². The standard InChI is InChI=1S/C30H26Cl2N4O2.C29H24Cl2N4O2/c1-35-12-14-36(15-13-35)19-8-6-18(7-9-19)26(22-16-24(31)20-4-2-10-33-27(20)29(22)37)23-17-25(32)21-5-3-11-34-28(21)30(23)38;30-23-15-21(28(36)26-19(23)3-1-9-33-26)25(17-5-7-18(8-6-17)35-13-11-32-12-14-35)22-16-24(31)20-4-2-10-34-27(20)29(22)37/h2-11,16-17,26,37-38H,12-15H2,1H3;1-10,15-16,25,32,36-37H,11-14H2. The molecule has 0 bridgehead atoms. The number of halogens is 4. The van der Waals surface area contributed by atoms with E-state index in [1.807, 2.05) is 48.5 Å². The molecular formula is C59H50Cl4N8O4. The van der Waals surface area contributed by atoms with E-state index >= 15 is 0 Å². The van der Waals surface area contributed by atoms with Gasteiger partial charge in [-0.2, -0.15) is 0 Å². The average molecular weight is 1080 g/mol. The van der Waals surface area contributed by atoms with Gasteiger partial charge >= 0.3 is 0 Å². The van der Waals surface area contributed by atoms with Crippen LogP contribution in [0.1, 0.15) is 45.2 Å². The Hall–Kier alpha value is -7.16. The summed E-state index contributed by atoms with van der Waals surface area (Å²) < 4.78 is 0. The van der Waals surface area contributed by atoms with Gasteiger partial charge in [-0.1, -0.05) is 70.7 Å². The zero-order valence-corrected chi connectivity index (χ0v) is 43.6. The van der Waals surface area contributed by atoms with Crippen LogP contribution < -0.4 is 15.1 Å². The highest BCUT2D eigenvalue weighted by molar-refractivity contribution is 6.37. The fourth-order valence-corrected chi connectivity index (χ4v) is 11.6. The molecule has 0 atom stereocenters. The van der Waals surface area contributed by atoms with Gasteiger partial charge in [0.05, 0.1) is 20.1 Å². The van der Waals surface area contributed by atoms with E-state index in [9.17, 15) is 20.4 Å². The van der Waals surface area contributed by atoms with E-state index in [4.69, 9.17) is 46.4 Å². The van der Waals surface area contributed by atoms with Crippen molar-refractivity contribution in [3.63, 3.8) is 0 Å². The minimum atomic E-state index is -0.579. The van der Waals surface area contributed by atoms with Gasteiger partial charge in [0.2, 0.25) is 0 Å². The molecule has 0 saturated carbocycles. The van der Waals surface area contributed by atoms with Crippen LogP contribution in [0.15, 0.2) is 146 Å². The number of likely N-dealkylation sites (N-methyl/N-ethyl adjacent to an activating group) is 1. The van der Waals surface area contributed by atoms with Gasteiger partial charge in [-0.3, -0.25) is 19.9 Å². The molecule has 2 aliphatic heterocycles. The van der Waals surface area contributed by atoms with Crippen LogP contribution >= 0.6 is 46.4 Å². The first-order valence-electron chi connectivity index (χ1n) is 24.6. The second-order valence-corrected chi connectivity index (χ2v) is 20.5. The Kier molecular flexibility index (Phi) is 14.2. The monoisotopic (exact) mass is 1070 g/mol. The molecule has 4 aromatic heterocycles. The van der Waals surface area contributed by atoms with Crippen LogP contribution in [0, 0.1) is 0 Å². The second-order valence-electron chi connectivity index (χ2n) is 18.9. The van der Waals surface area contributed by atoms with E-state index in [1.165, 1.54) is 0 Å². The van der Waals surface area contributed by atoms with Gasteiger partial charge in [-0.25, -0.2) is 0 Å². The summed E-state index contributed by atoms with van der Waals surface area (Å²) >= 11 is 26.8. The zero-order valence-electron chi connectivity index (χ0n) is 40.6. The van der Waals surface area contributed by atoms with E-state index in [1.54, 1.807) is 73.3 Å². The molecule has 10 aromatic rings. The lowest BCUT2D eigenvalue weighted by Crippen LogP contribution is -2.44. The number of aromatic nitrogens is 4. The van der Waals surface area contributed by atoms with Gasteiger partial charge < -0.3 is 40.4 Å². The molecule has 75 heavy (non-hydrogen) atoms. The number of rotatable bonds is 8. The van der Waals surface area contributed by atoms with Crippen LogP contribution in [0.3, 0.4) is 0 Å². The van der Waals surface area contributed by atoms with Crippen molar-refractivity contribution in [3.05, 3.63) is 200 Å². The molecule has 0 radical (unpaired) electrons. The van der Waals surface area contributed by atoms with Crippen LogP contribution in [0.25, 0.3) is 43.6 Å². The molecule has 2 fully saturated rings. The number of aromatic hydroxyl groups is 4. The van der Waals surface area contributed by atoms with Crippen molar-refractivity contribution in [1.29, 1.82) is 0 Å². The number of phenols is 4. The number of fused-ring (bicyclic) bond motifs is 4. The van der Waals surface area contributed by atoms with Crippen LogP contribution in [0.5, 0.6) is 23.0 Å². The highest BCUT2D eigenvalue weighted by Crippen LogP contribution is 2.49. The third-order valence-electron chi connectivity index (χ3n) is 14.4. The lowest BCUT2D eigenvalue weighted by Gasteiger charge is -2.34. The van der Waals surface area contributed by atoms with E-state index in [0.29, 0.717) is 86.0 Å². The van der Waals surface area contributed by atoms with Gasteiger partial charge in [0.15, 0.2) is 0 Å². The summed E-state index contributed by atoms with van der Waals surface area (Å²) in [5.41, 5.74) is 7.67. The molecular weight excluding hydrogens is 1030 g/mol. The summed E-state index contributed by atoms with van der Waals surface area (Å²) in [5.74, 6) is -1.13. The number of piperazine rings is 2. The largest absolute Gasteiger partial charge is 0.505 e. The summed E-state index contributed by atoms with van der Waals surface area (Å²) in [7, 11) is 2.14. The van der Waals surface area contributed by atoms with Crippen molar-refractivity contribution >= 4 is 101 Å². The number of anilines is 2. The molecule has 12 nitrogen and oxygen atoms in total. The number of nitrogens with zero attached hydrogens (tertiary/aromatic N) is 7.